The zero-order valence-corrected chi connectivity index (χ0v) is 11.5. The lowest BCUT2D eigenvalue weighted by atomic mass is 10.1. The fourth-order valence-corrected chi connectivity index (χ4v) is 3.01. The van der Waals surface area contributed by atoms with Gasteiger partial charge in [-0.25, -0.2) is 0 Å². The molecule has 4 heteroatoms. The van der Waals surface area contributed by atoms with E-state index in [1.807, 2.05) is 12.1 Å². The van der Waals surface area contributed by atoms with Crippen LogP contribution in [0.2, 0.25) is 0 Å². The van der Waals surface area contributed by atoms with Crippen molar-refractivity contribution >= 4 is 12.0 Å². The lowest BCUT2D eigenvalue weighted by Gasteiger charge is -2.47. The Balaban J connectivity index is 1.55. The van der Waals surface area contributed by atoms with Crippen molar-refractivity contribution in [3.63, 3.8) is 0 Å². The average molecular weight is 259 g/mol. The summed E-state index contributed by atoms with van der Waals surface area (Å²) in [7, 11) is 2.18. The number of likely N-dealkylation sites (tertiary alicyclic amines) is 1. The molecule has 0 N–H and O–H groups in total. The summed E-state index contributed by atoms with van der Waals surface area (Å²) in [5, 5.41) is 0. The Hall–Kier alpha value is -1.39. The monoisotopic (exact) mass is 259 g/mol. The number of carbonyl (C=O) groups excluding carboxylic acids is 1. The molecule has 0 aromatic heterocycles. The normalized spacial score (nSPS) is 22.3. The smallest absolute Gasteiger partial charge is 0.150 e. The van der Waals surface area contributed by atoms with Gasteiger partial charge in [0.05, 0.1) is 0 Å². The molecular weight excluding hydrogens is 238 g/mol. The molecule has 2 fully saturated rings. The van der Waals surface area contributed by atoms with Crippen molar-refractivity contribution in [3.05, 3.63) is 29.8 Å². The summed E-state index contributed by atoms with van der Waals surface area (Å²) >= 11 is 0. The maximum atomic E-state index is 10.7. The molecule has 0 amide bonds. The summed E-state index contributed by atoms with van der Waals surface area (Å²) in [5.74, 6) is 0. The van der Waals surface area contributed by atoms with Crippen LogP contribution in [0.15, 0.2) is 24.3 Å². The van der Waals surface area contributed by atoms with Crippen LogP contribution in [-0.4, -0.2) is 68.4 Å². The summed E-state index contributed by atoms with van der Waals surface area (Å²) in [6.07, 6.45) is 0.898. The Morgan fingerprint density at radius 3 is 2.21 bits per heavy atom. The van der Waals surface area contributed by atoms with Crippen LogP contribution in [-0.2, 0) is 0 Å². The number of hydrogen-bond acceptors (Lipinski definition) is 4. The fraction of sp³-hybridized carbons (Fsp3) is 0.533. The third-order valence-corrected chi connectivity index (χ3v) is 4.27. The van der Waals surface area contributed by atoms with Gasteiger partial charge in [-0.05, 0) is 31.3 Å². The van der Waals surface area contributed by atoms with Gasteiger partial charge in [-0.2, -0.15) is 0 Å². The summed E-state index contributed by atoms with van der Waals surface area (Å²) in [6, 6.07) is 8.67. The highest BCUT2D eigenvalue weighted by molar-refractivity contribution is 5.75. The van der Waals surface area contributed by atoms with Crippen molar-refractivity contribution in [1.82, 2.24) is 9.80 Å². The molecule has 0 saturated carbocycles. The van der Waals surface area contributed by atoms with Gasteiger partial charge in [0.15, 0.2) is 0 Å². The largest absolute Gasteiger partial charge is 0.369 e. The molecule has 0 aliphatic carbocycles. The second kappa shape index (κ2) is 5.31. The quantitative estimate of drug-likeness (QED) is 0.755. The number of anilines is 1. The third-order valence-electron chi connectivity index (χ3n) is 4.27. The second-order valence-electron chi connectivity index (χ2n) is 5.61. The highest BCUT2D eigenvalue weighted by atomic mass is 16.1. The molecule has 102 valence electrons. The first-order valence-corrected chi connectivity index (χ1v) is 6.99. The molecule has 3 rings (SSSR count). The zero-order chi connectivity index (χ0) is 13.2. The number of benzene rings is 1. The predicted octanol–water partition coefficient (Wildman–Crippen LogP) is 0.935. The number of nitrogens with zero attached hydrogens (tertiary/aromatic N) is 3. The predicted molar refractivity (Wildman–Crippen MR) is 76.9 cm³/mol. The molecule has 0 bridgehead atoms. The first-order chi connectivity index (χ1) is 9.26. The Morgan fingerprint density at radius 2 is 1.68 bits per heavy atom. The van der Waals surface area contributed by atoms with Crippen LogP contribution < -0.4 is 4.90 Å². The number of hydrogen-bond donors (Lipinski definition) is 0. The minimum absolute atomic E-state index is 0.750. The van der Waals surface area contributed by atoms with E-state index in [1.54, 1.807) is 0 Å². The zero-order valence-electron chi connectivity index (χ0n) is 11.5. The number of aldehydes is 1. The molecule has 0 radical (unpaired) electrons. The van der Waals surface area contributed by atoms with E-state index < -0.39 is 0 Å². The van der Waals surface area contributed by atoms with Gasteiger partial charge >= 0.3 is 0 Å². The molecule has 2 aliphatic heterocycles. The minimum atomic E-state index is 0.750. The summed E-state index contributed by atoms with van der Waals surface area (Å²) in [4.78, 5) is 18.0. The van der Waals surface area contributed by atoms with Gasteiger partial charge in [0.25, 0.3) is 0 Å². The van der Waals surface area contributed by atoms with Crippen LogP contribution in [0.4, 0.5) is 5.69 Å². The van der Waals surface area contributed by atoms with Gasteiger partial charge < -0.3 is 9.80 Å². The Morgan fingerprint density at radius 1 is 1.05 bits per heavy atom. The van der Waals surface area contributed by atoms with Crippen LogP contribution in [0.3, 0.4) is 0 Å². The van der Waals surface area contributed by atoms with Crippen LogP contribution in [0, 0.1) is 0 Å². The molecule has 2 heterocycles. The van der Waals surface area contributed by atoms with Gasteiger partial charge in [0.2, 0.25) is 0 Å². The Kier molecular flexibility index (Phi) is 3.53. The van der Waals surface area contributed by atoms with E-state index in [9.17, 15) is 4.79 Å². The first kappa shape index (κ1) is 12.6. The standard InChI is InChI=1S/C15H21N3O/c1-16-10-15(11-16)18-8-6-17(7-9-18)14-4-2-13(12-19)3-5-14/h2-5,12,15H,6-11H2,1H3. The number of likely N-dealkylation sites (N-methyl/N-ethyl adjacent to an activating group) is 1. The van der Waals surface area contributed by atoms with E-state index in [2.05, 4.69) is 33.9 Å². The SMILES string of the molecule is CN1CC(N2CCN(c3ccc(C=O)cc3)CC2)C1. The van der Waals surface area contributed by atoms with Crippen molar-refractivity contribution in [2.24, 2.45) is 0 Å². The van der Waals surface area contributed by atoms with Gasteiger partial charge in [-0.1, -0.05) is 0 Å². The van der Waals surface area contributed by atoms with E-state index in [-0.39, 0.29) is 0 Å². The van der Waals surface area contributed by atoms with Gasteiger partial charge in [0, 0.05) is 56.6 Å². The maximum absolute atomic E-state index is 10.7. The third kappa shape index (κ3) is 2.65. The van der Waals surface area contributed by atoms with Crippen molar-refractivity contribution < 1.29 is 4.79 Å². The van der Waals surface area contributed by atoms with Gasteiger partial charge in [0.1, 0.15) is 6.29 Å². The lowest BCUT2D eigenvalue weighted by Crippen LogP contribution is -2.61. The molecule has 19 heavy (non-hydrogen) atoms. The number of carbonyl (C=O) groups is 1. The highest BCUT2D eigenvalue weighted by Gasteiger charge is 2.31. The molecule has 1 aromatic carbocycles. The van der Waals surface area contributed by atoms with Crippen LogP contribution in [0.1, 0.15) is 10.4 Å². The van der Waals surface area contributed by atoms with Gasteiger partial charge in [-0.15, -0.1) is 0 Å². The van der Waals surface area contributed by atoms with E-state index in [4.69, 9.17) is 0 Å². The maximum Gasteiger partial charge on any atom is 0.150 e. The van der Waals surface area contributed by atoms with Gasteiger partial charge in [-0.3, -0.25) is 9.69 Å². The van der Waals surface area contributed by atoms with Crippen molar-refractivity contribution in [1.29, 1.82) is 0 Å². The Bertz CT molecular complexity index is 431. The van der Waals surface area contributed by atoms with Crippen molar-refractivity contribution in [2.75, 3.05) is 51.2 Å². The summed E-state index contributed by atoms with van der Waals surface area (Å²) in [5.41, 5.74) is 1.98. The molecular formula is C15H21N3O. The molecule has 0 spiro atoms. The number of piperazine rings is 1. The topological polar surface area (TPSA) is 26.8 Å². The molecule has 0 unspecified atom stereocenters. The molecule has 1 aromatic rings. The number of rotatable bonds is 3. The molecule has 2 aliphatic rings. The van der Waals surface area contributed by atoms with Crippen LogP contribution in [0.5, 0.6) is 0 Å². The second-order valence-corrected chi connectivity index (χ2v) is 5.61. The summed E-state index contributed by atoms with van der Waals surface area (Å²) in [6.45, 7) is 6.89. The molecule has 4 nitrogen and oxygen atoms in total. The molecule has 2 saturated heterocycles. The van der Waals surface area contributed by atoms with Crippen LogP contribution >= 0.6 is 0 Å². The highest BCUT2D eigenvalue weighted by Crippen LogP contribution is 2.20. The lowest BCUT2D eigenvalue weighted by molar-refractivity contribution is 0.0488. The van der Waals surface area contributed by atoms with Crippen molar-refractivity contribution in [2.45, 2.75) is 6.04 Å². The van der Waals surface area contributed by atoms with Crippen LogP contribution in [0.25, 0.3) is 0 Å². The Labute approximate surface area is 114 Å². The summed E-state index contributed by atoms with van der Waals surface area (Å²) < 4.78 is 0. The van der Waals surface area contributed by atoms with E-state index in [0.717, 1.165) is 44.1 Å². The van der Waals surface area contributed by atoms with Crippen molar-refractivity contribution in [3.8, 4) is 0 Å². The first-order valence-electron chi connectivity index (χ1n) is 6.99. The van der Waals surface area contributed by atoms with E-state index in [1.165, 1.54) is 18.8 Å². The molecule has 0 atom stereocenters. The minimum Gasteiger partial charge on any atom is -0.369 e. The average Bonchev–Trinajstić information content (AvgIpc) is 2.44. The van der Waals surface area contributed by atoms with E-state index in [0.29, 0.717) is 0 Å². The fourth-order valence-electron chi connectivity index (χ4n) is 3.01. The van der Waals surface area contributed by atoms with E-state index >= 15 is 0 Å².